The van der Waals surface area contributed by atoms with Crippen molar-refractivity contribution < 1.29 is 9.47 Å². The van der Waals surface area contributed by atoms with Crippen LogP contribution in [-0.2, 0) is 11.3 Å². The van der Waals surface area contributed by atoms with Gasteiger partial charge in [0.05, 0.1) is 14.2 Å². The molecule has 0 saturated carbocycles. The summed E-state index contributed by atoms with van der Waals surface area (Å²) in [6, 6.07) is 12.5. The Hall–Kier alpha value is -1.67. The fourth-order valence-corrected chi connectivity index (χ4v) is 2.62. The van der Waals surface area contributed by atoms with Crippen LogP contribution in [0, 0.1) is 0 Å². The third-order valence-corrected chi connectivity index (χ3v) is 4.06. The monoisotopic (exact) mass is 318 g/mol. The maximum atomic E-state index is 6.00. The number of halogens is 1. The van der Waals surface area contributed by atoms with Gasteiger partial charge in [0.25, 0.3) is 0 Å². The van der Waals surface area contributed by atoms with Gasteiger partial charge in [-0.3, -0.25) is 0 Å². The summed E-state index contributed by atoms with van der Waals surface area (Å²) in [7, 11) is 3.30. The first-order valence-electron chi connectivity index (χ1n) is 7.32. The van der Waals surface area contributed by atoms with Gasteiger partial charge in [-0.25, -0.2) is 0 Å². The predicted octanol–water partition coefficient (Wildman–Crippen LogP) is 5.41. The Bertz CT molecular complexity index is 640. The molecule has 0 aliphatic carbocycles. The van der Waals surface area contributed by atoms with Crippen molar-refractivity contribution in [3.8, 4) is 22.6 Å². The standard InChI is InChI=1S/C19H23ClO2/c1-19(2,3)15-8-6-14(7-9-15)16-10-13(12-20)11-17(21-4)18(16)22-5/h6-11H,12H2,1-5H3. The fraction of sp³-hybridized carbons (Fsp3) is 0.368. The average Bonchev–Trinajstić information content (AvgIpc) is 2.52. The molecule has 2 rings (SSSR count). The molecule has 2 nitrogen and oxygen atoms in total. The molecule has 118 valence electrons. The smallest absolute Gasteiger partial charge is 0.168 e. The first-order chi connectivity index (χ1) is 10.4. The Balaban J connectivity index is 2.55. The number of methoxy groups -OCH3 is 2. The molecular formula is C19H23ClO2. The lowest BCUT2D eigenvalue weighted by atomic mass is 9.86. The molecule has 3 heteroatoms. The zero-order valence-corrected chi connectivity index (χ0v) is 14.6. The molecule has 0 N–H and O–H groups in total. The number of rotatable bonds is 4. The summed E-state index contributed by atoms with van der Waals surface area (Å²) in [6.07, 6.45) is 0. The van der Waals surface area contributed by atoms with Crippen molar-refractivity contribution in [2.45, 2.75) is 32.1 Å². The number of alkyl halides is 1. The van der Waals surface area contributed by atoms with Crippen molar-refractivity contribution in [1.82, 2.24) is 0 Å². The second-order valence-corrected chi connectivity index (χ2v) is 6.61. The minimum atomic E-state index is 0.137. The minimum Gasteiger partial charge on any atom is -0.493 e. The highest BCUT2D eigenvalue weighted by atomic mass is 35.5. The number of hydrogen-bond acceptors (Lipinski definition) is 2. The molecule has 22 heavy (non-hydrogen) atoms. The van der Waals surface area contributed by atoms with Gasteiger partial charge in [-0.1, -0.05) is 45.0 Å². The van der Waals surface area contributed by atoms with Crippen molar-refractivity contribution in [3.63, 3.8) is 0 Å². The molecule has 0 amide bonds. The summed E-state index contributed by atoms with van der Waals surface area (Å²) >= 11 is 6.00. The zero-order chi connectivity index (χ0) is 16.3. The summed E-state index contributed by atoms with van der Waals surface area (Å²) < 4.78 is 11.0. The lowest BCUT2D eigenvalue weighted by Gasteiger charge is -2.20. The van der Waals surface area contributed by atoms with Crippen molar-refractivity contribution in [1.29, 1.82) is 0 Å². The quantitative estimate of drug-likeness (QED) is 0.702. The normalized spacial score (nSPS) is 11.4. The van der Waals surface area contributed by atoms with Gasteiger partial charge in [0.1, 0.15) is 0 Å². The first-order valence-corrected chi connectivity index (χ1v) is 7.86. The molecule has 0 heterocycles. The van der Waals surface area contributed by atoms with E-state index in [1.165, 1.54) is 5.56 Å². The molecule has 0 saturated heterocycles. The molecule has 0 spiro atoms. The van der Waals surface area contributed by atoms with Gasteiger partial charge in [-0.2, -0.15) is 0 Å². The molecule has 0 unspecified atom stereocenters. The highest BCUT2D eigenvalue weighted by Gasteiger charge is 2.16. The van der Waals surface area contributed by atoms with E-state index < -0.39 is 0 Å². The van der Waals surface area contributed by atoms with E-state index in [-0.39, 0.29) is 5.41 Å². The van der Waals surface area contributed by atoms with Gasteiger partial charge in [0, 0.05) is 11.4 Å². The minimum absolute atomic E-state index is 0.137. The van der Waals surface area contributed by atoms with Crippen LogP contribution in [0.25, 0.3) is 11.1 Å². The second kappa shape index (κ2) is 6.62. The molecule has 0 bridgehead atoms. The Morgan fingerprint density at radius 3 is 2.05 bits per heavy atom. The zero-order valence-electron chi connectivity index (χ0n) is 13.9. The fourth-order valence-electron chi connectivity index (χ4n) is 2.46. The lowest BCUT2D eigenvalue weighted by Crippen LogP contribution is -2.10. The summed E-state index contributed by atoms with van der Waals surface area (Å²) in [5, 5.41) is 0. The molecule has 0 aliphatic rings. The SMILES string of the molecule is COc1cc(CCl)cc(-c2ccc(C(C)(C)C)cc2)c1OC. The van der Waals surface area contributed by atoms with Gasteiger partial charge in [0.15, 0.2) is 11.5 Å². The summed E-state index contributed by atoms with van der Waals surface area (Å²) in [6.45, 7) is 6.62. The molecule has 2 aromatic rings. The van der Waals surface area contributed by atoms with Crippen LogP contribution in [0.3, 0.4) is 0 Å². The van der Waals surface area contributed by atoms with Crippen LogP contribution in [0.15, 0.2) is 36.4 Å². The highest BCUT2D eigenvalue weighted by molar-refractivity contribution is 6.17. The number of hydrogen-bond donors (Lipinski definition) is 0. The van der Waals surface area contributed by atoms with E-state index >= 15 is 0 Å². The Morgan fingerprint density at radius 2 is 1.59 bits per heavy atom. The van der Waals surface area contributed by atoms with E-state index in [0.29, 0.717) is 11.6 Å². The number of ether oxygens (including phenoxy) is 2. The predicted molar refractivity (Wildman–Crippen MR) is 93.2 cm³/mol. The molecule has 0 fully saturated rings. The van der Waals surface area contributed by atoms with E-state index in [0.717, 1.165) is 22.4 Å². The molecule has 2 aromatic carbocycles. The maximum Gasteiger partial charge on any atom is 0.168 e. The third kappa shape index (κ3) is 3.38. The molecule has 0 atom stereocenters. The van der Waals surface area contributed by atoms with Gasteiger partial charge in [-0.05, 0) is 34.2 Å². The highest BCUT2D eigenvalue weighted by Crippen LogP contribution is 2.40. The Kier molecular flexibility index (Phi) is 5.02. The van der Waals surface area contributed by atoms with E-state index in [1.54, 1.807) is 14.2 Å². The third-order valence-electron chi connectivity index (χ3n) is 3.75. The van der Waals surface area contributed by atoms with E-state index in [4.69, 9.17) is 21.1 Å². The van der Waals surface area contributed by atoms with Crippen molar-refractivity contribution in [2.24, 2.45) is 0 Å². The molecular weight excluding hydrogens is 296 g/mol. The Morgan fingerprint density at radius 1 is 0.955 bits per heavy atom. The van der Waals surface area contributed by atoms with Gasteiger partial charge >= 0.3 is 0 Å². The van der Waals surface area contributed by atoms with E-state index in [2.05, 4.69) is 51.1 Å². The molecule has 0 aliphatic heterocycles. The Labute approximate surface area is 138 Å². The van der Waals surface area contributed by atoms with Gasteiger partial charge in [-0.15, -0.1) is 11.6 Å². The van der Waals surface area contributed by atoms with E-state index in [9.17, 15) is 0 Å². The van der Waals surface area contributed by atoms with Crippen molar-refractivity contribution in [2.75, 3.05) is 14.2 Å². The lowest BCUT2D eigenvalue weighted by molar-refractivity contribution is 0.356. The van der Waals surface area contributed by atoms with Crippen molar-refractivity contribution in [3.05, 3.63) is 47.5 Å². The summed E-state index contributed by atoms with van der Waals surface area (Å²) in [5.41, 5.74) is 4.54. The first kappa shape index (κ1) is 16.7. The van der Waals surface area contributed by atoms with Gasteiger partial charge in [0.2, 0.25) is 0 Å². The maximum absolute atomic E-state index is 6.00. The van der Waals surface area contributed by atoms with Gasteiger partial charge < -0.3 is 9.47 Å². The largest absolute Gasteiger partial charge is 0.493 e. The summed E-state index contributed by atoms with van der Waals surface area (Å²) in [5.74, 6) is 1.88. The van der Waals surface area contributed by atoms with Crippen LogP contribution in [-0.4, -0.2) is 14.2 Å². The van der Waals surface area contributed by atoms with Crippen LogP contribution >= 0.6 is 11.6 Å². The van der Waals surface area contributed by atoms with Crippen LogP contribution in [0.1, 0.15) is 31.9 Å². The van der Waals surface area contributed by atoms with Crippen molar-refractivity contribution >= 4 is 11.6 Å². The molecule has 0 aromatic heterocycles. The second-order valence-electron chi connectivity index (χ2n) is 6.34. The van der Waals surface area contributed by atoms with Crippen LogP contribution < -0.4 is 9.47 Å². The number of benzene rings is 2. The van der Waals surface area contributed by atoms with Crippen LogP contribution in [0.4, 0.5) is 0 Å². The van der Waals surface area contributed by atoms with Crippen LogP contribution in [0.2, 0.25) is 0 Å². The topological polar surface area (TPSA) is 18.5 Å². The van der Waals surface area contributed by atoms with E-state index in [1.807, 2.05) is 6.07 Å². The molecule has 0 radical (unpaired) electrons. The average molecular weight is 319 g/mol. The van der Waals surface area contributed by atoms with Crippen LogP contribution in [0.5, 0.6) is 11.5 Å². The summed E-state index contributed by atoms with van der Waals surface area (Å²) in [4.78, 5) is 0.